The van der Waals surface area contributed by atoms with Gasteiger partial charge in [0.1, 0.15) is 5.69 Å². The van der Waals surface area contributed by atoms with E-state index in [1.54, 1.807) is 0 Å². The summed E-state index contributed by atoms with van der Waals surface area (Å²) in [6.45, 7) is 0. The average molecular weight is 238 g/mol. The fourth-order valence-corrected chi connectivity index (χ4v) is 1.20. The van der Waals surface area contributed by atoms with Crippen molar-refractivity contribution in [3.63, 3.8) is 0 Å². The lowest BCUT2D eigenvalue weighted by Gasteiger charge is -2.03. The van der Waals surface area contributed by atoms with E-state index < -0.39 is 22.9 Å². The summed E-state index contributed by atoms with van der Waals surface area (Å²) in [6.07, 6.45) is -2.90. The Balaban J connectivity index is 3.38. The number of halogens is 3. The normalized spacial score (nSPS) is 10.7. The summed E-state index contributed by atoms with van der Waals surface area (Å²) in [4.78, 5) is 12.7. The lowest BCUT2D eigenvalue weighted by molar-refractivity contribution is -0.388. The molecule has 0 unspecified atom stereocenters. The first-order valence-electron chi connectivity index (χ1n) is 3.75. The summed E-state index contributed by atoms with van der Waals surface area (Å²) in [5, 5.41) is 10.4. The predicted octanol–water partition coefficient (Wildman–Crippen LogP) is 2.25. The Morgan fingerprint density at radius 1 is 1.67 bits per heavy atom. The van der Waals surface area contributed by atoms with E-state index in [0.717, 1.165) is 6.07 Å². The molecule has 0 spiro atoms. The van der Waals surface area contributed by atoms with E-state index in [0.29, 0.717) is 0 Å². The van der Waals surface area contributed by atoms with Crippen LogP contribution in [0.5, 0.6) is 0 Å². The highest BCUT2D eigenvalue weighted by molar-refractivity contribution is 6.17. The Morgan fingerprint density at radius 2 is 2.27 bits per heavy atom. The predicted molar refractivity (Wildman–Crippen MR) is 49.8 cm³/mol. The first kappa shape index (κ1) is 11.6. The fourth-order valence-electron chi connectivity index (χ4n) is 0.976. The highest BCUT2D eigenvalue weighted by Gasteiger charge is 2.24. The van der Waals surface area contributed by atoms with Crippen molar-refractivity contribution < 1.29 is 13.7 Å². The van der Waals surface area contributed by atoms with Gasteiger partial charge in [0.15, 0.2) is 0 Å². The molecule has 1 heterocycles. The molecule has 0 fully saturated rings. The third kappa shape index (κ3) is 2.30. The molecule has 82 valence electrons. The van der Waals surface area contributed by atoms with Crippen LogP contribution in [0.1, 0.15) is 17.7 Å². The van der Waals surface area contributed by atoms with Gasteiger partial charge in [-0.15, -0.1) is 11.6 Å². The molecule has 0 aliphatic carbocycles. The zero-order valence-electron chi connectivity index (χ0n) is 7.28. The number of aromatic nitrogens is 1. The van der Waals surface area contributed by atoms with E-state index in [-0.39, 0.29) is 17.1 Å². The van der Waals surface area contributed by atoms with E-state index in [2.05, 4.69) is 4.98 Å². The van der Waals surface area contributed by atoms with Gasteiger partial charge in [0.05, 0.1) is 0 Å². The molecule has 0 aliphatic rings. The van der Waals surface area contributed by atoms with Crippen LogP contribution in [0.2, 0.25) is 0 Å². The third-order valence-electron chi connectivity index (χ3n) is 1.68. The number of alkyl halides is 3. The lowest BCUT2D eigenvalue weighted by atomic mass is 10.2. The molecule has 0 aromatic carbocycles. The molecule has 2 N–H and O–H groups in total. The van der Waals surface area contributed by atoms with Crippen LogP contribution in [0, 0.1) is 10.1 Å². The molecule has 15 heavy (non-hydrogen) atoms. The van der Waals surface area contributed by atoms with Crippen molar-refractivity contribution in [2.45, 2.75) is 12.3 Å². The largest absolute Gasteiger partial charge is 0.392 e. The van der Waals surface area contributed by atoms with Crippen molar-refractivity contribution in [1.29, 1.82) is 0 Å². The number of nitro groups is 1. The summed E-state index contributed by atoms with van der Waals surface area (Å²) in [7, 11) is 0. The maximum Gasteiger partial charge on any atom is 0.387 e. The second-order valence-electron chi connectivity index (χ2n) is 2.63. The first-order valence-corrected chi connectivity index (χ1v) is 4.28. The van der Waals surface area contributed by atoms with Gasteiger partial charge in [-0.1, -0.05) is 0 Å². The lowest BCUT2D eigenvalue weighted by Crippen LogP contribution is -2.05. The van der Waals surface area contributed by atoms with E-state index >= 15 is 0 Å². The highest BCUT2D eigenvalue weighted by atomic mass is 35.5. The second kappa shape index (κ2) is 4.35. The molecule has 0 amide bonds. The molecule has 0 radical (unpaired) electrons. The Morgan fingerprint density at radius 3 is 2.67 bits per heavy atom. The smallest absolute Gasteiger partial charge is 0.387 e. The molecule has 8 heteroatoms. The number of nitrogens with two attached hydrogens (primary N) is 1. The second-order valence-corrected chi connectivity index (χ2v) is 2.90. The van der Waals surface area contributed by atoms with Crippen LogP contribution < -0.4 is 5.73 Å². The molecule has 1 aromatic heterocycles. The summed E-state index contributed by atoms with van der Waals surface area (Å²) in [5.41, 5.74) is 4.43. The van der Waals surface area contributed by atoms with Crippen LogP contribution >= 0.6 is 11.6 Å². The van der Waals surface area contributed by atoms with E-state index in [9.17, 15) is 18.9 Å². The molecule has 5 nitrogen and oxygen atoms in total. The standard InChI is InChI=1S/C7H6ClF2N3O2/c8-2-3-1-4(6(9)10)12-7(5(3)11)13(14)15/h1,6H,2,11H2. The fraction of sp³-hybridized carbons (Fsp3) is 0.286. The number of nitrogens with zero attached hydrogens (tertiary/aromatic N) is 2. The Labute approximate surface area is 88.0 Å². The summed E-state index contributed by atoms with van der Waals surface area (Å²) in [5.74, 6) is -0.974. The number of pyridine rings is 1. The van der Waals surface area contributed by atoms with Gasteiger partial charge >= 0.3 is 12.2 Å². The van der Waals surface area contributed by atoms with Crippen molar-refractivity contribution in [3.8, 4) is 0 Å². The minimum Gasteiger partial charge on any atom is -0.392 e. The van der Waals surface area contributed by atoms with Crippen molar-refractivity contribution in [3.05, 3.63) is 27.4 Å². The van der Waals surface area contributed by atoms with Crippen molar-refractivity contribution in [2.24, 2.45) is 0 Å². The van der Waals surface area contributed by atoms with Gasteiger partial charge in [0.25, 0.3) is 0 Å². The van der Waals surface area contributed by atoms with Crippen LogP contribution in [0.4, 0.5) is 20.3 Å². The SMILES string of the molecule is Nc1c(CCl)cc(C(F)F)nc1[N+](=O)[O-]. The van der Waals surface area contributed by atoms with Gasteiger partial charge in [-0.25, -0.2) is 8.78 Å². The molecular formula is C7H6ClF2N3O2. The number of hydrogen-bond acceptors (Lipinski definition) is 4. The molecule has 0 atom stereocenters. The van der Waals surface area contributed by atoms with Crippen LogP contribution in [-0.2, 0) is 5.88 Å². The number of hydrogen-bond donors (Lipinski definition) is 1. The first-order chi connectivity index (χ1) is 6.97. The van der Waals surface area contributed by atoms with Crippen molar-refractivity contribution in [2.75, 3.05) is 5.73 Å². The van der Waals surface area contributed by atoms with Crippen LogP contribution in [-0.4, -0.2) is 9.91 Å². The summed E-state index contributed by atoms with van der Waals surface area (Å²) >= 11 is 5.41. The molecule has 0 saturated carbocycles. The zero-order valence-corrected chi connectivity index (χ0v) is 8.04. The monoisotopic (exact) mass is 237 g/mol. The topological polar surface area (TPSA) is 82.0 Å². The minimum absolute atomic E-state index is 0.0775. The average Bonchev–Trinajstić information content (AvgIpc) is 2.17. The summed E-state index contributed by atoms with van der Waals surface area (Å²) in [6, 6.07) is 0.958. The van der Waals surface area contributed by atoms with Gasteiger partial charge in [-0.05, 0) is 16.0 Å². The maximum absolute atomic E-state index is 12.3. The van der Waals surface area contributed by atoms with E-state index in [1.165, 1.54) is 0 Å². The number of nitrogen functional groups attached to an aromatic ring is 1. The molecule has 0 bridgehead atoms. The quantitative estimate of drug-likeness (QED) is 0.497. The zero-order chi connectivity index (χ0) is 11.6. The molecule has 0 saturated heterocycles. The minimum atomic E-state index is -2.90. The maximum atomic E-state index is 12.3. The summed E-state index contributed by atoms with van der Waals surface area (Å²) < 4.78 is 24.6. The molecule has 1 aromatic rings. The highest BCUT2D eigenvalue weighted by Crippen LogP contribution is 2.29. The van der Waals surface area contributed by atoms with Gasteiger partial charge in [0.2, 0.25) is 5.69 Å². The van der Waals surface area contributed by atoms with Crippen molar-refractivity contribution >= 4 is 23.1 Å². The van der Waals surface area contributed by atoms with E-state index in [1.807, 2.05) is 0 Å². The van der Waals surface area contributed by atoms with Crippen molar-refractivity contribution in [1.82, 2.24) is 4.98 Å². The Hall–Kier alpha value is -1.50. The molecular weight excluding hydrogens is 232 g/mol. The number of rotatable bonds is 3. The Kier molecular flexibility index (Phi) is 3.35. The van der Waals surface area contributed by atoms with Gasteiger partial charge in [-0.2, -0.15) is 0 Å². The van der Waals surface area contributed by atoms with Gasteiger partial charge < -0.3 is 15.8 Å². The molecule has 0 aliphatic heterocycles. The third-order valence-corrected chi connectivity index (χ3v) is 1.97. The van der Waals surface area contributed by atoms with E-state index in [4.69, 9.17) is 17.3 Å². The van der Waals surface area contributed by atoms with Crippen LogP contribution in [0.15, 0.2) is 6.07 Å². The Bertz CT molecular complexity index is 400. The van der Waals surface area contributed by atoms with Crippen LogP contribution in [0.25, 0.3) is 0 Å². The number of anilines is 1. The van der Waals surface area contributed by atoms with Crippen LogP contribution in [0.3, 0.4) is 0 Å². The van der Waals surface area contributed by atoms with Gasteiger partial charge in [-0.3, -0.25) is 0 Å². The van der Waals surface area contributed by atoms with Gasteiger partial charge in [0, 0.05) is 11.4 Å². The molecule has 1 rings (SSSR count).